The number of carbonyl (C=O) groups excluding carboxylic acids is 1. The van der Waals surface area contributed by atoms with Gasteiger partial charge in [0.15, 0.2) is 0 Å². The molecule has 0 radical (unpaired) electrons. The van der Waals surface area contributed by atoms with Crippen molar-refractivity contribution in [3.63, 3.8) is 0 Å². The van der Waals surface area contributed by atoms with Crippen LogP contribution in [0.5, 0.6) is 0 Å². The summed E-state index contributed by atoms with van der Waals surface area (Å²) in [6, 6.07) is 14.7. The van der Waals surface area contributed by atoms with Crippen LogP contribution in [0.4, 0.5) is 10.1 Å². The highest BCUT2D eigenvalue weighted by Gasteiger charge is 2.34. The third-order valence-corrected chi connectivity index (χ3v) is 9.60. The molecule has 1 saturated heterocycles. The summed E-state index contributed by atoms with van der Waals surface area (Å²) in [5.74, 6) is -0.993. The SMILES string of the molecule is CCN(CC)Cc1ccccc1-c1ccc(N2CCCC(NS(=O)(=O)c3ccc(Cl)s3)C2=O)c(F)c1. The summed E-state index contributed by atoms with van der Waals surface area (Å²) in [7, 11) is -3.91. The van der Waals surface area contributed by atoms with Crippen LogP contribution in [0.3, 0.4) is 0 Å². The Labute approximate surface area is 220 Å². The van der Waals surface area contributed by atoms with Crippen molar-refractivity contribution in [3.05, 3.63) is 70.3 Å². The smallest absolute Gasteiger partial charge is 0.250 e. The number of carbonyl (C=O) groups is 1. The number of hydrogen-bond acceptors (Lipinski definition) is 5. The Hall–Kier alpha value is -2.30. The summed E-state index contributed by atoms with van der Waals surface area (Å²) in [4.78, 5) is 16.8. The summed E-state index contributed by atoms with van der Waals surface area (Å²) < 4.78 is 43.7. The fourth-order valence-electron chi connectivity index (χ4n) is 4.43. The van der Waals surface area contributed by atoms with Crippen molar-refractivity contribution in [3.8, 4) is 11.1 Å². The zero-order chi connectivity index (χ0) is 25.9. The second-order valence-corrected chi connectivity index (χ2v) is 12.3. The molecule has 1 amide bonds. The monoisotopic (exact) mass is 549 g/mol. The van der Waals surface area contributed by atoms with Crippen molar-refractivity contribution in [2.75, 3.05) is 24.5 Å². The van der Waals surface area contributed by atoms with E-state index in [9.17, 15) is 13.2 Å². The second-order valence-electron chi connectivity index (χ2n) is 8.65. The molecule has 2 aromatic carbocycles. The van der Waals surface area contributed by atoms with Gasteiger partial charge in [-0.25, -0.2) is 12.8 Å². The molecule has 3 aromatic rings. The molecule has 0 saturated carbocycles. The lowest BCUT2D eigenvalue weighted by molar-refractivity contribution is -0.121. The molecule has 10 heteroatoms. The van der Waals surface area contributed by atoms with E-state index in [1.165, 1.54) is 23.1 Å². The molecule has 1 aliphatic rings. The first kappa shape index (κ1) is 26.8. The molecule has 1 atom stereocenters. The Morgan fingerprint density at radius 2 is 1.89 bits per heavy atom. The van der Waals surface area contributed by atoms with Gasteiger partial charge in [-0.2, -0.15) is 4.72 Å². The van der Waals surface area contributed by atoms with Gasteiger partial charge in [-0.05, 0) is 66.9 Å². The highest BCUT2D eigenvalue weighted by Crippen LogP contribution is 2.32. The lowest BCUT2D eigenvalue weighted by Gasteiger charge is -2.32. The predicted molar refractivity (Wildman–Crippen MR) is 143 cm³/mol. The Bertz CT molecular complexity index is 1340. The quantitative estimate of drug-likeness (QED) is 0.381. The molecule has 1 N–H and O–H groups in total. The minimum atomic E-state index is -3.91. The van der Waals surface area contributed by atoms with Crippen molar-refractivity contribution in [2.24, 2.45) is 0 Å². The van der Waals surface area contributed by atoms with E-state index in [0.717, 1.165) is 47.7 Å². The van der Waals surface area contributed by atoms with E-state index in [-0.39, 0.29) is 9.90 Å². The van der Waals surface area contributed by atoms with E-state index in [2.05, 4.69) is 23.5 Å². The van der Waals surface area contributed by atoms with Crippen LogP contribution in [0, 0.1) is 5.82 Å². The van der Waals surface area contributed by atoms with Crippen LogP contribution >= 0.6 is 22.9 Å². The number of nitrogens with one attached hydrogen (secondary N) is 1. The van der Waals surface area contributed by atoms with Gasteiger partial charge in [-0.3, -0.25) is 9.69 Å². The maximum absolute atomic E-state index is 15.4. The number of nitrogens with zero attached hydrogens (tertiary/aromatic N) is 2. The number of hydrogen-bond donors (Lipinski definition) is 1. The standard InChI is InChI=1S/C26H29ClFN3O3S2/c1-3-30(4-2)17-19-8-5-6-9-20(19)18-11-12-23(21(28)16-18)31-15-7-10-22(26(31)32)29-36(33,34)25-14-13-24(27)35-25/h5-6,8-9,11-14,16,22,29H,3-4,7,10,15,17H2,1-2H3. The molecule has 1 fully saturated rings. The first-order chi connectivity index (χ1) is 17.2. The van der Waals surface area contributed by atoms with Gasteiger partial charge in [0.2, 0.25) is 5.91 Å². The van der Waals surface area contributed by atoms with Gasteiger partial charge in [0.25, 0.3) is 10.0 Å². The average molecular weight is 550 g/mol. The van der Waals surface area contributed by atoms with Crippen molar-refractivity contribution in [1.82, 2.24) is 9.62 Å². The Kier molecular flexibility index (Phi) is 8.47. The van der Waals surface area contributed by atoms with Crippen molar-refractivity contribution in [1.29, 1.82) is 0 Å². The minimum Gasteiger partial charge on any atom is -0.308 e. The van der Waals surface area contributed by atoms with Crippen LogP contribution in [-0.4, -0.2) is 44.9 Å². The summed E-state index contributed by atoms with van der Waals surface area (Å²) >= 11 is 6.79. The topological polar surface area (TPSA) is 69.7 Å². The van der Waals surface area contributed by atoms with E-state index >= 15 is 4.39 Å². The third kappa shape index (κ3) is 5.81. The van der Waals surface area contributed by atoms with Crippen molar-refractivity contribution in [2.45, 2.75) is 43.5 Å². The fourth-order valence-corrected chi connectivity index (χ4v) is 7.16. The number of benzene rings is 2. The first-order valence-corrected chi connectivity index (χ1v) is 14.6. The molecule has 0 aliphatic carbocycles. The highest BCUT2D eigenvalue weighted by molar-refractivity contribution is 7.91. The lowest BCUT2D eigenvalue weighted by atomic mass is 9.98. The van der Waals surface area contributed by atoms with Crippen molar-refractivity contribution < 1.29 is 17.6 Å². The normalized spacial score (nSPS) is 16.6. The van der Waals surface area contributed by atoms with Crippen LogP contribution in [0.2, 0.25) is 4.34 Å². The molecule has 4 rings (SSSR count). The molecule has 2 heterocycles. The number of thiophene rings is 1. The number of halogens is 2. The molecule has 36 heavy (non-hydrogen) atoms. The number of piperidine rings is 1. The fraction of sp³-hybridized carbons (Fsp3) is 0.346. The van der Waals surface area contributed by atoms with E-state index in [1.807, 2.05) is 30.3 Å². The molecule has 0 spiro atoms. The largest absolute Gasteiger partial charge is 0.308 e. The zero-order valence-electron chi connectivity index (χ0n) is 20.2. The summed E-state index contributed by atoms with van der Waals surface area (Å²) in [6.07, 6.45) is 0.879. The molecular formula is C26H29ClFN3O3S2. The Balaban J connectivity index is 1.56. The lowest BCUT2D eigenvalue weighted by Crippen LogP contribution is -2.52. The van der Waals surface area contributed by atoms with Crippen LogP contribution in [0.25, 0.3) is 11.1 Å². The van der Waals surface area contributed by atoms with Crippen LogP contribution < -0.4 is 9.62 Å². The van der Waals surface area contributed by atoms with Gasteiger partial charge >= 0.3 is 0 Å². The molecule has 192 valence electrons. The molecule has 1 unspecified atom stereocenters. The van der Waals surface area contributed by atoms with Gasteiger partial charge in [-0.1, -0.05) is 55.8 Å². The van der Waals surface area contributed by atoms with Gasteiger partial charge < -0.3 is 4.90 Å². The second kappa shape index (κ2) is 11.4. The van der Waals surface area contributed by atoms with Gasteiger partial charge in [0.1, 0.15) is 16.1 Å². The highest BCUT2D eigenvalue weighted by atomic mass is 35.5. The van der Waals surface area contributed by atoms with E-state index in [1.54, 1.807) is 6.07 Å². The Morgan fingerprint density at radius 3 is 2.56 bits per heavy atom. The summed E-state index contributed by atoms with van der Waals surface area (Å²) in [5, 5.41) is 0. The third-order valence-electron chi connectivity index (χ3n) is 6.40. The van der Waals surface area contributed by atoms with Gasteiger partial charge in [0.05, 0.1) is 10.0 Å². The first-order valence-electron chi connectivity index (χ1n) is 11.9. The van der Waals surface area contributed by atoms with Crippen molar-refractivity contribution >= 4 is 44.6 Å². The number of rotatable bonds is 9. The van der Waals surface area contributed by atoms with Crippen LogP contribution in [0.15, 0.2) is 58.8 Å². The van der Waals surface area contributed by atoms with Crippen LogP contribution in [-0.2, 0) is 21.4 Å². The van der Waals surface area contributed by atoms with Crippen LogP contribution in [0.1, 0.15) is 32.3 Å². The Morgan fingerprint density at radius 1 is 1.14 bits per heavy atom. The molecule has 1 aromatic heterocycles. The average Bonchev–Trinajstić information content (AvgIpc) is 3.31. The maximum Gasteiger partial charge on any atom is 0.250 e. The number of anilines is 1. The number of amides is 1. The van der Waals surface area contributed by atoms with Gasteiger partial charge in [0, 0.05) is 13.1 Å². The van der Waals surface area contributed by atoms with Gasteiger partial charge in [-0.15, -0.1) is 11.3 Å². The molecule has 1 aliphatic heterocycles. The number of sulfonamides is 1. The maximum atomic E-state index is 15.4. The van der Waals surface area contributed by atoms with E-state index in [0.29, 0.717) is 23.7 Å². The minimum absolute atomic E-state index is 0.0383. The molecule has 6 nitrogen and oxygen atoms in total. The predicted octanol–water partition coefficient (Wildman–Crippen LogP) is 5.52. The van der Waals surface area contributed by atoms with E-state index in [4.69, 9.17) is 11.6 Å². The molecular weight excluding hydrogens is 521 g/mol. The zero-order valence-corrected chi connectivity index (χ0v) is 22.6. The molecule has 0 bridgehead atoms. The summed E-state index contributed by atoms with van der Waals surface area (Å²) in [6.45, 7) is 7.13. The summed E-state index contributed by atoms with van der Waals surface area (Å²) in [5.41, 5.74) is 2.92. The van der Waals surface area contributed by atoms with E-state index < -0.39 is 27.8 Å².